The lowest BCUT2D eigenvalue weighted by Crippen LogP contribution is -1.87. The smallest absolute Gasteiger partial charge is 0.0406 e. The van der Waals surface area contributed by atoms with E-state index in [9.17, 15) is 0 Å². The molecule has 0 fully saturated rings. The Morgan fingerprint density at radius 1 is 0.933 bits per heavy atom. The lowest BCUT2D eigenvalue weighted by atomic mass is 10.1. The quantitative estimate of drug-likeness (QED) is 0.801. The summed E-state index contributed by atoms with van der Waals surface area (Å²) >= 11 is 5.85. The lowest BCUT2D eigenvalue weighted by molar-refractivity contribution is 1.51. The average Bonchev–Trinajstić information content (AvgIpc) is 2.30. The van der Waals surface area contributed by atoms with E-state index in [0.717, 1.165) is 10.7 Å². The van der Waals surface area contributed by atoms with Gasteiger partial charge in [-0.1, -0.05) is 35.9 Å². The molecule has 15 heavy (non-hydrogen) atoms. The predicted molar refractivity (Wildman–Crippen MR) is 66.4 cm³/mol. The molecule has 0 heterocycles. The van der Waals surface area contributed by atoms with Crippen LogP contribution in [0, 0.1) is 0 Å². The number of rotatable bonds is 2. The fourth-order valence-electron chi connectivity index (χ4n) is 1.50. The fourth-order valence-corrected chi connectivity index (χ4v) is 1.62. The summed E-state index contributed by atoms with van der Waals surface area (Å²) in [5.74, 6) is 0. The van der Waals surface area contributed by atoms with Crippen molar-refractivity contribution in [3.05, 3.63) is 53.6 Å². The SMILES string of the molecule is CNc1cccc(-c2ccc(Cl)cc2)c1. The van der Waals surface area contributed by atoms with Crippen molar-refractivity contribution in [1.29, 1.82) is 0 Å². The second kappa shape index (κ2) is 4.37. The maximum Gasteiger partial charge on any atom is 0.0406 e. The van der Waals surface area contributed by atoms with Gasteiger partial charge in [0.05, 0.1) is 0 Å². The second-order valence-electron chi connectivity index (χ2n) is 3.34. The third-order valence-corrected chi connectivity index (χ3v) is 2.58. The number of hydrogen-bond acceptors (Lipinski definition) is 1. The Morgan fingerprint density at radius 2 is 1.67 bits per heavy atom. The normalized spacial score (nSPS) is 10.0. The molecule has 0 spiro atoms. The topological polar surface area (TPSA) is 12.0 Å². The third kappa shape index (κ3) is 2.31. The number of halogens is 1. The molecule has 1 nitrogen and oxygen atoms in total. The Kier molecular flexibility index (Phi) is 2.93. The van der Waals surface area contributed by atoms with Gasteiger partial charge in [0.2, 0.25) is 0 Å². The van der Waals surface area contributed by atoms with Gasteiger partial charge in [-0.25, -0.2) is 0 Å². The van der Waals surface area contributed by atoms with Crippen molar-refractivity contribution in [2.24, 2.45) is 0 Å². The van der Waals surface area contributed by atoms with Gasteiger partial charge in [0.1, 0.15) is 0 Å². The van der Waals surface area contributed by atoms with Crippen LogP contribution in [-0.4, -0.2) is 7.05 Å². The molecule has 0 bridgehead atoms. The van der Waals surface area contributed by atoms with Crippen molar-refractivity contribution in [1.82, 2.24) is 0 Å². The van der Waals surface area contributed by atoms with Crippen molar-refractivity contribution in [2.45, 2.75) is 0 Å². The monoisotopic (exact) mass is 217 g/mol. The Balaban J connectivity index is 2.40. The van der Waals surface area contributed by atoms with Gasteiger partial charge in [-0.05, 0) is 35.4 Å². The lowest BCUT2D eigenvalue weighted by Gasteiger charge is -2.04. The first-order valence-corrected chi connectivity index (χ1v) is 5.21. The van der Waals surface area contributed by atoms with Crippen LogP contribution in [0.5, 0.6) is 0 Å². The molecule has 1 N–H and O–H groups in total. The van der Waals surface area contributed by atoms with Gasteiger partial charge in [-0.2, -0.15) is 0 Å². The molecule has 0 saturated carbocycles. The van der Waals surface area contributed by atoms with Gasteiger partial charge < -0.3 is 5.32 Å². The van der Waals surface area contributed by atoms with Crippen LogP contribution in [0.4, 0.5) is 5.69 Å². The molecule has 0 radical (unpaired) electrons. The Labute approximate surface area is 94.7 Å². The maximum atomic E-state index is 5.85. The summed E-state index contributed by atoms with van der Waals surface area (Å²) in [7, 11) is 1.92. The second-order valence-corrected chi connectivity index (χ2v) is 3.77. The molecule has 0 aliphatic carbocycles. The van der Waals surface area contributed by atoms with Crippen LogP contribution < -0.4 is 5.32 Å². The standard InChI is InChI=1S/C13H12ClN/c1-15-13-4-2-3-11(9-13)10-5-7-12(14)8-6-10/h2-9,15H,1H3. The van der Waals surface area contributed by atoms with Crippen LogP contribution in [0.15, 0.2) is 48.5 Å². The van der Waals surface area contributed by atoms with Gasteiger partial charge in [0.15, 0.2) is 0 Å². The van der Waals surface area contributed by atoms with Gasteiger partial charge in [0.25, 0.3) is 0 Å². The van der Waals surface area contributed by atoms with Gasteiger partial charge in [-0.15, -0.1) is 0 Å². The average molecular weight is 218 g/mol. The van der Waals surface area contributed by atoms with Crippen LogP contribution in [0.25, 0.3) is 11.1 Å². The van der Waals surface area contributed by atoms with E-state index in [-0.39, 0.29) is 0 Å². The van der Waals surface area contributed by atoms with Crippen LogP contribution in [0.2, 0.25) is 5.02 Å². The number of anilines is 1. The molecular formula is C13H12ClN. The van der Waals surface area contributed by atoms with Gasteiger partial charge in [-0.3, -0.25) is 0 Å². The van der Waals surface area contributed by atoms with Crippen LogP contribution in [0.3, 0.4) is 0 Å². The fraction of sp³-hybridized carbons (Fsp3) is 0.0769. The zero-order chi connectivity index (χ0) is 10.7. The molecule has 0 amide bonds. The first-order chi connectivity index (χ1) is 7.29. The molecule has 0 unspecified atom stereocenters. The van der Waals surface area contributed by atoms with Crippen molar-refractivity contribution in [2.75, 3.05) is 12.4 Å². The third-order valence-electron chi connectivity index (χ3n) is 2.33. The molecular weight excluding hydrogens is 206 g/mol. The zero-order valence-corrected chi connectivity index (χ0v) is 9.25. The Bertz CT molecular complexity index is 448. The van der Waals surface area contributed by atoms with E-state index in [1.54, 1.807) is 0 Å². The summed E-state index contributed by atoms with van der Waals surface area (Å²) in [6.45, 7) is 0. The van der Waals surface area contributed by atoms with E-state index in [4.69, 9.17) is 11.6 Å². The molecule has 2 aromatic carbocycles. The van der Waals surface area contributed by atoms with Crippen LogP contribution in [0.1, 0.15) is 0 Å². The molecule has 0 aliphatic rings. The van der Waals surface area contributed by atoms with Crippen molar-refractivity contribution in [3.8, 4) is 11.1 Å². The molecule has 76 valence electrons. The molecule has 0 aliphatic heterocycles. The van der Waals surface area contributed by atoms with E-state index in [2.05, 4.69) is 17.4 Å². The van der Waals surface area contributed by atoms with Crippen LogP contribution >= 0.6 is 11.6 Å². The van der Waals surface area contributed by atoms with Crippen molar-refractivity contribution in [3.63, 3.8) is 0 Å². The number of benzene rings is 2. The highest BCUT2D eigenvalue weighted by Crippen LogP contribution is 2.23. The van der Waals surface area contributed by atoms with Crippen LogP contribution in [-0.2, 0) is 0 Å². The number of hydrogen-bond donors (Lipinski definition) is 1. The molecule has 0 aromatic heterocycles. The summed E-state index contributed by atoms with van der Waals surface area (Å²) in [4.78, 5) is 0. The largest absolute Gasteiger partial charge is 0.388 e. The molecule has 2 heteroatoms. The Morgan fingerprint density at radius 3 is 2.33 bits per heavy atom. The molecule has 2 aromatic rings. The zero-order valence-electron chi connectivity index (χ0n) is 8.50. The van der Waals surface area contributed by atoms with Crippen molar-refractivity contribution < 1.29 is 0 Å². The minimum Gasteiger partial charge on any atom is -0.388 e. The molecule has 2 rings (SSSR count). The van der Waals surface area contributed by atoms with E-state index < -0.39 is 0 Å². The minimum absolute atomic E-state index is 0.767. The summed E-state index contributed by atoms with van der Waals surface area (Å²) < 4.78 is 0. The summed E-state index contributed by atoms with van der Waals surface area (Å²) in [5.41, 5.74) is 3.48. The minimum atomic E-state index is 0.767. The maximum absolute atomic E-state index is 5.85. The number of nitrogens with one attached hydrogen (secondary N) is 1. The summed E-state index contributed by atoms with van der Waals surface area (Å²) in [5, 5.41) is 3.89. The molecule has 0 saturated heterocycles. The molecule has 0 atom stereocenters. The highest BCUT2D eigenvalue weighted by atomic mass is 35.5. The van der Waals surface area contributed by atoms with E-state index in [0.29, 0.717) is 0 Å². The van der Waals surface area contributed by atoms with Crippen molar-refractivity contribution >= 4 is 17.3 Å². The Hall–Kier alpha value is -1.47. The van der Waals surface area contributed by atoms with E-state index in [1.165, 1.54) is 11.1 Å². The van der Waals surface area contributed by atoms with Gasteiger partial charge >= 0.3 is 0 Å². The van der Waals surface area contributed by atoms with E-state index >= 15 is 0 Å². The first-order valence-electron chi connectivity index (χ1n) is 4.83. The first kappa shape index (κ1) is 10.1. The van der Waals surface area contributed by atoms with E-state index in [1.807, 2.05) is 43.4 Å². The highest BCUT2D eigenvalue weighted by Gasteiger charge is 1.97. The summed E-state index contributed by atoms with van der Waals surface area (Å²) in [6, 6.07) is 16.1. The van der Waals surface area contributed by atoms with Gasteiger partial charge in [0, 0.05) is 17.8 Å². The highest BCUT2D eigenvalue weighted by molar-refractivity contribution is 6.30. The summed E-state index contributed by atoms with van der Waals surface area (Å²) in [6.07, 6.45) is 0. The predicted octanol–water partition coefficient (Wildman–Crippen LogP) is 4.05.